The number of carbonyl (C=O) groups is 1. The largest absolute Gasteiger partial charge is 0.384 e. The van der Waals surface area contributed by atoms with Crippen LogP contribution >= 0.6 is 0 Å². The maximum absolute atomic E-state index is 12.7. The lowest BCUT2D eigenvalue weighted by molar-refractivity contribution is -0.119. The minimum absolute atomic E-state index is 0.0833. The number of aryl methyl sites for hydroxylation is 1. The number of benzene rings is 2. The van der Waals surface area contributed by atoms with E-state index < -0.39 is 0 Å². The number of hydrogen-bond donors (Lipinski definition) is 1. The van der Waals surface area contributed by atoms with Crippen molar-refractivity contribution < 1.29 is 4.79 Å². The Hall–Kier alpha value is -2.35. The number of ketones is 1. The quantitative estimate of drug-likeness (QED) is 0.817. The third-order valence-corrected chi connectivity index (χ3v) is 4.43. The van der Waals surface area contributed by atoms with E-state index in [9.17, 15) is 4.79 Å². The summed E-state index contributed by atoms with van der Waals surface area (Å²) in [7, 11) is 0. The molecule has 2 aromatic rings. The zero-order valence-corrected chi connectivity index (χ0v) is 13.6. The van der Waals surface area contributed by atoms with Crippen molar-refractivity contribution in [3.05, 3.63) is 71.3 Å². The lowest BCUT2D eigenvalue weighted by Gasteiger charge is -2.23. The van der Waals surface area contributed by atoms with Crippen LogP contribution in [0, 0.1) is 12.8 Å². The maximum atomic E-state index is 12.7. The van der Waals surface area contributed by atoms with Crippen LogP contribution in [0.4, 0.5) is 5.69 Å². The average molecular weight is 305 g/mol. The summed E-state index contributed by atoms with van der Waals surface area (Å²) in [5, 5.41) is 3.41. The second-order valence-electron chi connectivity index (χ2n) is 6.28. The number of nitrogens with one attached hydrogen (secondary N) is 1. The topological polar surface area (TPSA) is 29.1 Å². The highest BCUT2D eigenvalue weighted by atomic mass is 16.1. The molecule has 2 nitrogen and oxygen atoms in total. The van der Waals surface area contributed by atoms with Gasteiger partial charge < -0.3 is 5.32 Å². The molecular weight excluding hydrogens is 282 g/mol. The molecule has 0 radical (unpaired) electrons. The molecule has 0 bridgehead atoms. The fourth-order valence-corrected chi connectivity index (χ4v) is 3.06. The first kappa shape index (κ1) is 15.5. The summed E-state index contributed by atoms with van der Waals surface area (Å²) in [4.78, 5) is 12.7. The Morgan fingerprint density at radius 3 is 2.57 bits per heavy atom. The molecule has 2 aromatic carbocycles. The molecule has 0 saturated heterocycles. The highest BCUT2D eigenvalue weighted by Gasteiger charge is 2.26. The van der Waals surface area contributed by atoms with E-state index in [1.54, 1.807) is 0 Å². The van der Waals surface area contributed by atoms with Crippen LogP contribution in [0.1, 0.15) is 30.4 Å². The second-order valence-corrected chi connectivity index (χ2v) is 6.28. The van der Waals surface area contributed by atoms with Gasteiger partial charge in [0.25, 0.3) is 0 Å². The summed E-state index contributed by atoms with van der Waals surface area (Å²) in [5.74, 6) is 0.389. The van der Waals surface area contributed by atoms with Gasteiger partial charge in [0.15, 0.2) is 5.78 Å². The first-order chi connectivity index (χ1) is 11.2. The van der Waals surface area contributed by atoms with E-state index in [1.165, 1.54) is 5.56 Å². The molecule has 2 heteroatoms. The fraction of sp³-hybridized carbons (Fsp3) is 0.286. The van der Waals surface area contributed by atoms with Crippen molar-refractivity contribution in [1.29, 1.82) is 0 Å². The molecule has 1 fully saturated rings. The van der Waals surface area contributed by atoms with Gasteiger partial charge in [0.1, 0.15) is 0 Å². The third kappa shape index (κ3) is 4.10. The fourth-order valence-electron chi connectivity index (χ4n) is 3.06. The SMILES string of the molecule is Cc1ccc(NCC2CCC/C(=C\c3ccccc3)C2=O)cc1. The van der Waals surface area contributed by atoms with Crippen LogP contribution in [0.5, 0.6) is 0 Å². The van der Waals surface area contributed by atoms with Crippen LogP contribution in [0.2, 0.25) is 0 Å². The summed E-state index contributed by atoms with van der Waals surface area (Å²) in [6.45, 7) is 2.79. The Balaban J connectivity index is 1.65. The van der Waals surface area contributed by atoms with Gasteiger partial charge in [0.2, 0.25) is 0 Å². The van der Waals surface area contributed by atoms with E-state index in [4.69, 9.17) is 0 Å². The van der Waals surface area contributed by atoms with Crippen LogP contribution in [-0.2, 0) is 4.79 Å². The van der Waals surface area contributed by atoms with E-state index in [0.717, 1.165) is 36.1 Å². The van der Waals surface area contributed by atoms with Gasteiger partial charge >= 0.3 is 0 Å². The molecule has 3 rings (SSSR count). The molecule has 0 aromatic heterocycles. The first-order valence-electron chi connectivity index (χ1n) is 8.33. The summed E-state index contributed by atoms with van der Waals surface area (Å²) in [5.41, 5.74) is 4.42. The molecule has 1 unspecified atom stereocenters. The van der Waals surface area contributed by atoms with Crippen molar-refractivity contribution in [2.24, 2.45) is 5.92 Å². The minimum atomic E-state index is 0.0833. The van der Waals surface area contributed by atoms with Crippen molar-refractivity contribution >= 4 is 17.5 Å². The Morgan fingerprint density at radius 2 is 1.83 bits per heavy atom. The lowest BCUT2D eigenvalue weighted by Crippen LogP contribution is -2.28. The number of hydrogen-bond acceptors (Lipinski definition) is 2. The van der Waals surface area contributed by atoms with Gasteiger partial charge in [-0.25, -0.2) is 0 Å². The number of rotatable bonds is 4. The molecule has 1 saturated carbocycles. The minimum Gasteiger partial charge on any atom is -0.384 e. The Morgan fingerprint density at radius 1 is 1.09 bits per heavy atom. The standard InChI is InChI=1S/C21H23NO/c1-16-10-12-20(13-11-16)22-15-19-9-5-8-18(21(19)23)14-17-6-3-2-4-7-17/h2-4,6-7,10-14,19,22H,5,8-9,15H2,1H3/b18-14+. The van der Waals surface area contributed by atoms with Crippen LogP contribution in [0.3, 0.4) is 0 Å². The lowest BCUT2D eigenvalue weighted by atomic mass is 9.83. The van der Waals surface area contributed by atoms with Gasteiger partial charge in [-0.05, 0) is 55.5 Å². The van der Waals surface area contributed by atoms with Crippen LogP contribution in [0.15, 0.2) is 60.2 Å². The molecule has 118 valence electrons. The summed E-state index contributed by atoms with van der Waals surface area (Å²) in [6.07, 6.45) is 5.02. The maximum Gasteiger partial charge on any atom is 0.163 e. The van der Waals surface area contributed by atoms with Gasteiger partial charge in [0, 0.05) is 18.2 Å². The van der Waals surface area contributed by atoms with Crippen LogP contribution < -0.4 is 5.32 Å². The molecule has 23 heavy (non-hydrogen) atoms. The zero-order chi connectivity index (χ0) is 16.1. The zero-order valence-electron chi connectivity index (χ0n) is 13.6. The summed E-state index contributed by atoms with van der Waals surface area (Å²) < 4.78 is 0. The van der Waals surface area contributed by atoms with E-state index >= 15 is 0 Å². The molecule has 0 amide bonds. The van der Waals surface area contributed by atoms with E-state index in [0.29, 0.717) is 12.3 Å². The smallest absolute Gasteiger partial charge is 0.163 e. The highest BCUT2D eigenvalue weighted by molar-refractivity contribution is 6.02. The molecule has 1 aliphatic carbocycles. The third-order valence-electron chi connectivity index (χ3n) is 4.43. The van der Waals surface area contributed by atoms with Crippen LogP contribution in [0.25, 0.3) is 6.08 Å². The van der Waals surface area contributed by atoms with Crippen molar-refractivity contribution in [2.45, 2.75) is 26.2 Å². The van der Waals surface area contributed by atoms with Crippen molar-refractivity contribution in [1.82, 2.24) is 0 Å². The molecule has 0 aliphatic heterocycles. The summed E-state index contributed by atoms with van der Waals surface area (Å²) >= 11 is 0. The van der Waals surface area contributed by atoms with Crippen molar-refractivity contribution in [3.8, 4) is 0 Å². The van der Waals surface area contributed by atoms with E-state index in [1.807, 2.05) is 18.2 Å². The average Bonchev–Trinajstić information content (AvgIpc) is 2.58. The van der Waals surface area contributed by atoms with E-state index in [-0.39, 0.29) is 5.92 Å². The highest BCUT2D eigenvalue weighted by Crippen LogP contribution is 2.27. The Bertz CT molecular complexity index is 686. The number of allylic oxidation sites excluding steroid dienone is 1. The normalized spacial score (nSPS) is 19.8. The predicted octanol–water partition coefficient (Wildman–Crippen LogP) is 4.86. The molecule has 0 heterocycles. The van der Waals surface area contributed by atoms with Gasteiger partial charge in [-0.2, -0.15) is 0 Å². The van der Waals surface area contributed by atoms with Crippen molar-refractivity contribution in [2.75, 3.05) is 11.9 Å². The van der Waals surface area contributed by atoms with Gasteiger partial charge in [-0.1, -0.05) is 48.0 Å². The Kier molecular flexibility index (Phi) is 4.92. The molecular formula is C21H23NO. The predicted molar refractivity (Wildman–Crippen MR) is 96.4 cm³/mol. The van der Waals surface area contributed by atoms with Gasteiger partial charge in [-0.3, -0.25) is 4.79 Å². The Labute approximate surface area is 138 Å². The molecule has 0 spiro atoms. The number of Topliss-reactive ketones (excluding diaryl/α,β-unsaturated/α-hetero) is 1. The number of anilines is 1. The van der Waals surface area contributed by atoms with E-state index in [2.05, 4.69) is 54.7 Å². The van der Waals surface area contributed by atoms with Crippen LogP contribution in [-0.4, -0.2) is 12.3 Å². The van der Waals surface area contributed by atoms with Gasteiger partial charge in [-0.15, -0.1) is 0 Å². The molecule has 1 atom stereocenters. The summed E-state index contributed by atoms with van der Waals surface area (Å²) in [6, 6.07) is 18.4. The van der Waals surface area contributed by atoms with Gasteiger partial charge in [0.05, 0.1) is 0 Å². The number of carbonyl (C=O) groups excluding carboxylic acids is 1. The molecule has 1 aliphatic rings. The second kappa shape index (κ2) is 7.28. The van der Waals surface area contributed by atoms with Crippen molar-refractivity contribution in [3.63, 3.8) is 0 Å². The first-order valence-corrected chi connectivity index (χ1v) is 8.33. The monoisotopic (exact) mass is 305 g/mol. The molecule has 1 N–H and O–H groups in total.